The third-order valence-electron chi connectivity index (χ3n) is 5.43. The number of rotatable bonds is 6. The lowest BCUT2D eigenvalue weighted by Gasteiger charge is -2.30. The van der Waals surface area contributed by atoms with Crippen molar-refractivity contribution in [3.05, 3.63) is 72.2 Å². The molecule has 30 heavy (non-hydrogen) atoms. The van der Waals surface area contributed by atoms with Crippen LogP contribution in [0.1, 0.15) is 24.2 Å². The Morgan fingerprint density at radius 2 is 1.80 bits per heavy atom. The van der Waals surface area contributed by atoms with E-state index in [2.05, 4.69) is 15.5 Å². The van der Waals surface area contributed by atoms with E-state index in [-0.39, 0.29) is 17.7 Å². The summed E-state index contributed by atoms with van der Waals surface area (Å²) < 4.78 is 1.93. The van der Waals surface area contributed by atoms with Crippen molar-refractivity contribution in [2.75, 3.05) is 19.6 Å². The van der Waals surface area contributed by atoms with Crippen molar-refractivity contribution in [1.82, 2.24) is 24.8 Å². The molecule has 0 radical (unpaired) electrons. The van der Waals surface area contributed by atoms with E-state index in [0.29, 0.717) is 38.9 Å². The summed E-state index contributed by atoms with van der Waals surface area (Å²) in [5.41, 5.74) is 1.80. The summed E-state index contributed by atoms with van der Waals surface area (Å²) in [6, 6.07) is 15.5. The quantitative estimate of drug-likeness (QED) is 0.641. The van der Waals surface area contributed by atoms with E-state index < -0.39 is 0 Å². The van der Waals surface area contributed by atoms with E-state index in [9.17, 15) is 9.59 Å². The van der Waals surface area contributed by atoms with E-state index in [1.165, 1.54) is 0 Å². The summed E-state index contributed by atoms with van der Waals surface area (Å²) in [4.78, 5) is 26.7. The Morgan fingerprint density at radius 3 is 2.60 bits per heavy atom. The molecule has 0 bridgehead atoms. The molecule has 3 heterocycles. The maximum absolute atomic E-state index is 12.5. The molecule has 7 heteroatoms. The van der Waals surface area contributed by atoms with Gasteiger partial charge in [0.05, 0.1) is 0 Å². The molecular weight excluding hydrogens is 378 g/mol. The van der Waals surface area contributed by atoms with Gasteiger partial charge in [0.25, 0.3) is 0 Å². The highest BCUT2D eigenvalue weighted by Crippen LogP contribution is 2.18. The minimum atomic E-state index is -0.0534. The SMILES string of the molecule is O=C(NCCc1nnc2ccccn12)C1CCN(C(=O)/C=C/c2ccccc2)CC1. The fourth-order valence-electron chi connectivity index (χ4n) is 3.70. The van der Waals surface area contributed by atoms with Gasteiger partial charge in [-0.2, -0.15) is 0 Å². The number of benzene rings is 1. The zero-order valence-electron chi connectivity index (χ0n) is 16.8. The Bertz CT molecular complexity index is 1040. The van der Waals surface area contributed by atoms with E-state index in [1.807, 2.05) is 70.1 Å². The van der Waals surface area contributed by atoms with Gasteiger partial charge in [-0.25, -0.2) is 0 Å². The Balaban J connectivity index is 1.21. The number of carbonyl (C=O) groups is 2. The summed E-state index contributed by atoms with van der Waals surface area (Å²) in [5, 5.41) is 11.3. The number of nitrogens with zero attached hydrogens (tertiary/aromatic N) is 4. The van der Waals surface area contributed by atoms with Crippen LogP contribution in [0.25, 0.3) is 11.7 Å². The molecular formula is C23H25N5O2. The first kappa shape index (κ1) is 19.8. The van der Waals surface area contributed by atoms with Crippen LogP contribution in [0.2, 0.25) is 0 Å². The smallest absolute Gasteiger partial charge is 0.246 e. The van der Waals surface area contributed by atoms with Crippen molar-refractivity contribution in [2.45, 2.75) is 19.3 Å². The first-order valence-electron chi connectivity index (χ1n) is 10.3. The number of carbonyl (C=O) groups excluding carboxylic acids is 2. The summed E-state index contributed by atoms with van der Waals surface area (Å²) in [7, 11) is 0. The Kier molecular flexibility index (Phi) is 6.17. The lowest BCUT2D eigenvalue weighted by atomic mass is 9.95. The molecule has 2 amide bonds. The minimum Gasteiger partial charge on any atom is -0.355 e. The number of fused-ring (bicyclic) bond motifs is 1. The molecule has 1 aromatic carbocycles. The molecule has 1 aliphatic heterocycles. The van der Waals surface area contributed by atoms with E-state index in [1.54, 1.807) is 6.08 Å². The van der Waals surface area contributed by atoms with Gasteiger partial charge < -0.3 is 10.2 Å². The molecule has 0 unspecified atom stereocenters. The number of hydrogen-bond acceptors (Lipinski definition) is 4. The first-order valence-corrected chi connectivity index (χ1v) is 10.3. The second-order valence-electron chi connectivity index (χ2n) is 7.43. The van der Waals surface area contributed by atoms with Gasteiger partial charge in [-0.15, -0.1) is 10.2 Å². The number of aromatic nitrogens is 3. The first-order chi connectivity index (χ1) is 14.7. The van der Waals surface area contributed by atoms with E-state index in [0.717, 1.165) is 17.0 Å². The molecule has 0 aliphatic carbocycles. The highest BCUT2D eigenvalue weighted by molar-refractivity contribution is 5.92. The zero-order valence-corrected chi connectivity index (χ0v) is 16.8. The maximum atomic E-state index is 12.5. The van der Waals surface area contributed by atoms with Crippen molar-refractivity contribution in [1.29, 1.82) is 0 Å². The molecule has 1 N–H and O–H groups in total. The van der Waals surface area contributed by atoms with Gasteiger partial charge in [-0.3, -0.25) is 14.0 Å². The van der Waals surface area contributed by atoms with Gasteiger partial charge in [0.1, 0.15) is 5.82 Å². The van der Waals surface area contributed by atoms with Crippen LogP contribution in [0.3, 0.4) is 0 Å². The molecule has 2 aromatic heterocycles. The summed E-state index contributed by atoms with van der Waals surface area (Å²) in [6.07, 6.45) is 7.35. The summed E-state index contributed by atoms with van der Waals surface area (Å²) in [6.45, 7) is 1.73. The van der Waals surface area contributed by atoms with Crippen LogP contribution in [0.5, 0.6) is 0 Å². The topological polar surface area (TPSA) is 79.6 Å². The Morgan fingerprint density at radius 1 is 1.03 bits per heavy atom. The third kappa shape index (κ3) is 4.74. The average molecular weight is 403 g/mol. The fraction of sp³-hybridized carbons (Fsp3) is 0.304. The molecule has 3 aromatic rings. The monoisotopic (exact) mass is 403 g/mol. The average Bonchev–Trinajstić information content (AvgIpc) is 3.21. The van der Waals surface area contributed by atoms with Gasteiger partial charge in [-0.1, -0.05) is 36.4 Å². The van der Waals surface area contributed by atoms with E-state index >= 15 is 0 Å². The highest BCUT2D eigenvalue weighted by Gasteiger charge is 2.26. The minimum absolute atomic E-state index is 0.00334. The van der Waals surface area contributed by atoms with Crippen LogP contribution in [-0.2, 0) is 16.0 Å². The number of likely N-dealkylation sites (tertiary alicyclic amines) is 1. The second-order valence-corrected chi connectivity index (χ2v) is 7.43. The summed E-state index contributed by atoms with van der Waals surface area (Å²) >= 11 is 0. The zero-order chi connectivity index (χ0) is 20.8. The fourth-order valence-corrected chi connectivity index (χ4v) is 3.70. The lowest BCUT2D eigenvalue weighted by Crippen LogP contribution is -2.42. The largest absolute Gasteiger partial charge is 0.355 e. The molecule has 7 nitrogen and oxygen atoms in total. The normalized spacial score (nSPS) is 15.0. The van der Waals surface area contributed by atoms with Gasteiger partial charge in [0, 0.05) is 44.2 Å². The van der Waals surface area contributed by atoms with Gasteiger partial charge in [0.15, 0.2) is 5.65 Å². The van der Waals surface area contributed by atoms with Crippen molar-refractivity contribution in [3.8, 4) is 0 Å². The number of amides is 2. The predicted octanol–water partition coefficient (Wildman–Crippen LogP) is 2.34. The third-order valence-corrected chi connectivity index (χ3v) is 5.43. The second kappa shape index (κ2) is 9.35. The van der Waals surface area contributed by atoms with E-state index in [4.69, 9.17) is 0 Å². The van der Waals surface area contributed by atoms with Crippen LogP contribution < -0.4 is 5.32 Å². The van der Waals surface area contributed by atoms with Crippen LogP contribution in [-0.4, -0.2) is 50.9 Å². The lowest BCUT2D eigenvalue weighted by molar-refractivity contribution is -0.132. The number of piperidine rings is 1. The number of hydrogen-bond donors (Lipinski definition) is 1. The van der Waals surface area contributed by atoms with Gasteiger partial charge in [-0.05, 0) is 36.6 Å². The summed E-state index contributed by atoms with van der Waals surface area (Å²) in [5.74, 6) is 0.825. The van der Waals surface area contributed by atoms with Crippen molar-refractivity contribution < 1.29 is 9.59 Å². The molecule has 0 atom stereocenters. The number of nitrogens with one attached hydrogen (secondary N) is 1. The molecule has 1 saturated heterocycles. The Hall–Kier alpha value is -3.48. The van der Waals surface area contributed by atoms with Crippen LogP contribution in [0.4, 0.5) is 0 Å². The van der Waals surface area contributed by atoms with Crippen molar-refractivity contribution in [2.24, 2.45) is 5.92 Å². The maximum Gasteiger partial charge on any atom is 0.246 e. The molecule has 4 rings (SSSR count). The molecule has 0 saturated carbocycles. The van der Waals surface area contributed by atoms with Crippen LogP contribution >= 0.6 is 0 Å². The van der Waals surface area contributed by atoms with Crippen molar-refractivity contribution >= 4 is 23.5 Å². The molecule has 1 fully saturated rings. The molecule has 0 spiro atoms. The Labute approximate surface area is 175 Å². The predicted molar refractivity (Wildman–Crippen MR) is 114 cm³/mol. The van der Waals surface area contributed by atoms with Crippen molar-refractivity contribution in [3.63, 3.8) is 0 Å². The highest BCUT2D eigenvalue weighted by atomic mass is 16.2. The van der Waals surface area contributed by atoms with Crippen LogP contribution in [0, 0.1) is 5.92 Å². The van der Waals surface area contributed by atoms with Gasteiger partial charge in [0.2, 0.25) is 11.8 Å². The van der Waals surface area contributed by atoms with Gasteiger partial charge >= 0.3 is 0 Å². The molecule has 154 valence electrons. The standard InChI is InChI=1S/C23H25N5O2/c29-22(10-9-18-6-2-1-3-7-18)27-16-12-19(13-17-27)23(30)24-14-11-21-26-25-20-8-4-5-15-28(20)21/h1-10,15,19H,11-14,16-17H2,(H,24,30)/b10-9+. The molecule has 1 aliphatic rings. The number of pyridine rings is 1. The van der Waals surface area contributed by atoms with Crippen LogP contribution in [0.15, 0.2) is 60.8 Å².